The number of carbonyl (C=O) groups is 1. The fraction of sp³-hybridized carbons (Fsp3) is 0.269. The zero-order chi connectivity index (χ0) is 28.5. The Morgan fingerprint density at radius 2 is 1.65 bits per heavy atom. The van der Waals surface area contributed by atoms with Crippen molar-refractivity contribution in [3.8, 4) is 16.9 Å². The molecule has 2 aromatic carbocycles. The van der Waals surface area contributed by atoms with Crippen LogP contribution in [0.1, 0.15) is 24.8 Å². The van der Waals surface area contributed by atoms with Gasteiger partial charge in [0.05, 0.1) is 26.9 Å². The SMILES string of the molecule is O=C1/C(=C\c2cn(-c3ccccc3)nc2-c2ccc(S(=O)(=O)N3CCCCC3)cc2)SC(=S)N1CCS(=O)(=O)O. The number of hydrogen-bond donors (Lipinski definition) is 1. The monoisotopic (exact) mass is 618 g/mol. The summed E-state index contributed by atoms with van der Waals surface area (Å²) in [6.07, 6.45) is 6.11. The van der Waals surface area contributed by atoms with Crippen molar-refractivity contribution in [2.24, 2.45) is 0 Å². The zero-order valence-corrected chi connectivity index (χ0v) is 24.5. The highest BCUT2D eigenvalue weighted by molar-refractivity contribution is 8.26. The van der Waals surface area contributed by atoms with E-state index in [1.54, 1.807) is 41.2 Å². The van der Waals surface area contributed by atoms with Crippen molar-refractivity contribution in [2.45, 2.75) is 24.2 Å². The summed E-state index contributed by atoms with van der Waals surface area (Å²) in [4.78, 5) is 14.7. The molecule has 14 heteroatoms. The molecule has 0 unspecified atom stereocenters. The van der Waals surface area contributed by atoms with E-state index in [2.05, 4.69) is 0 Å². The highest BCUT2D eigenvalue weighted by atomic mass is 32.2. The summed E-state index contributed by atoms with van der Waals surface area (Å²) in [5.74, 6) is -1.10. The number of amides is 1. The molecule has 2 fully saturated rings. The molecular formula is C26H26N4O6S4. The Labute approximate surface area is 242 Å². The predicted octanol–water partition coefficient (Wildman–Crippen LogP) is 3.80. The molecular weight excluding hydrogens is 593 g/mol. The first-order chi connectivity index (χ1) is 19.0. The molecule has 2 aliphatic heterocycles. The molecule has 10 nitrogen and oxygen atoms in total. The van der Waals surface area contributed by atoms with Crippen LogP contribution in [0.4, 0.5) is 0 Å². The molecule has 40 heavy (non-hydrogen) atoms. The molecule has 3 heterocycles. The van der Waals surface area contributed by atoms with E-state index in [1.165, 1.54) is 4.31 Å². The van der Waals surface area contributed by atoms with Crippen LogP contribution in [0.25, 0.3) is 23.0 Å². The van der Waals surface area contributed by atoms with Crippen LogP contribution in [-0.2, 0) is 24.9 Å². The number of rotatable bonds is 8. The van der Waals surface area contributed by atoms with E-state index in [0.717, 1.165) is 41.6 Å². The molecule has 1 amide bonds. The van der Waals surface area contributed by atoms with E-state index in [0.29, 0.717) is 29.9 Å². The van der Waals surface area contributed by atoms with Crippen LogP contribution < -0.4 is 0 Å². The standard InChI is InChI=1S/C26H26N4O6S4/c31-25-23(38-26(37)29(25)15-16-39(32,33)34)17-20-18-30(21-7-3-1-4-8-21)27-24(20)19-9-11-22(12-10-19)40(35,36)28-13-5-2-6-14-28/h1,3-4,7-12,17-18H,2,5-6,13-16H2,(H,32,33,34)/b23-17+. The molecule has 0 spiro atoms. The Hall–Kier alpha value is -2.88. The minimum atomic E-state index is -4.27. The summed E-state index contributed by atoms with van der Waals surface area (Å²) < 4.78 is 61.1. The third-order valence-electron chi connectivity index (χ3n) is 6.58. The summed E-state index contributed by atoms with van der Waals surface area (Å²) in [6.45, 7) is 0.764. The average Bonchev–Trinajstić information content (AvgIpc) is 3.48. The fourth-order valence-corrected chi connectivity index (χ4v) is 7.74. The van der Waals surface area contributed by atoms with Crippen molar-refractivity contribution >= 4 is 60.4 Å². The van der Waals surface area contributed by atoms with Crippen LogP contribution in [-0.4, -0.2) is 76.0 Å². The van der Waals surface area contributed by atoms with Crippen molar-refractivity contribution in [1.29, 1.82) is 0 Å². The molecule has 2 aliphatic rings. The number of carbonyl (C=O) groups excluding carboxylic acids is 1. The molecule has 1 N–H and O–H groups in total. The van der Waals surface area contributed by atoms with Crippen LogP contribution >= 0.6 is 24.0 Å². The largest absolute Gasteiger partial charge is 0.292 e. The minimum absolute atomic E-state index is 0.184. The maximum Gasteiger partial charge on any atom is 0.266 e. The van der Waals surface area contributed by atoms with Crippen LogP contribution in [0, 0.1) is 0 Å². The molecule has 3 aromatic rings. The predicted molar refractivity (Wildman–Crippen MR) is 158 cm³/mol. The summed E-state index contributed by atoms with van der Waals surface area (Å²) >= 11 is 6.31. The maximum absolute atomic E-state index is 13.1. The molecule has 0 radical (unpaired) electrons. The first kappa shape index (κ1) is 28.6. The molecule has 0 atom stereocenters. The minimum Gasteiger partial charge on any atom is -0.292 e. The van der Waals surface area contributed by atoms with Crippen LogP contribution in [0.15, 0.2) is 70.6 Å². The van der Waals surface area contributed by atoms with Crippen molar-refractivity contribution in [1.82, 2.24) is 19.0 Å². The molecule has 0 bridgehead atoms. The number of sulfonamides is 1. The second-order valence-electron chi connectivity index (χ2n) is 9.32. The van der Waals surface area contributed by atoms with Gasteiger partial charge in [0, 0.05) is 37.0 Å². The average molecular weight is 619 g/mol. The highest BCUT2D eigenvalue weighted by Gasteiger charge is 2.33. The van der Waals surface area contributed by atoms with E-state index < -0.39 is 31.8 Å². The number of nitrogens with zero attached hydrogens (tertiary/aromatic N) is 4. The molecule has 2 saturated heterocycles. The number of benzene rings is 2. The summed E-state index contributed by atoms with van der Waals surface area (Å²) in [5.41, 5.74) is 2.55. The van der Waals surface area contributed by atoms with Gasteiger partial charge in [-0.15, -0.1) is 0 Å². The summed E-state index contributed by atoms with van der Waals surface area (Å²) in [6, 6.07) is 15.9. The number of aromatic nitrogens is 2. The second kappa shape index (κ2) is 11.5. The second-order valence-corrected chi connectivity index (χ2v) is 14.5. The highest BCUT2D eigenvalue weighted by Crippen LogP contribution is 2.35. The Morgan fingerprint density at radius 3 is 2.30 bits per heavy atom. The number of thioether (sulfide) groups is 1. The molecule has 210 valence electrons. The summed E-state index contributed by atoms with van der Waals surface area (Å²) in [7, 11) is -7.86. The number of para-hydroxylation sites is 1. The van der Waals surface area contributed by atoms with E-state index in [-0.39, 0.29) is 20.7 Å². The van der Waals surface area contributed by atoms with E-state index in [9.17, 15) is 21.6 Å². The van der Waals surface area contributed by atoms with Gasteiger partial charge in [-0.05, 0) is 43.2 Å². The van der Waals surface area contributed by atoms with Gasteiger partial charge < -0.3 is 0 Å². The quantitative estimate of drug-likeness (QED) is 0.228. The van der Waals surface area contributed by atoms with Crippen LogP contribution in [0.2, 0.25) is 0 Å². The van der Waals surface area contributed by atoms with Gasteiger partial charge in [0.2, 0.25) is 10.0 Å². The molecule has 0 saturated carbocycles. The van der Waals surface area contributed by atoms with Gasteiger partial charge in [-0.1, -0.05) is 60.7 Å². The third-order valence-corrected chi connectivity index (χ3v) is 10.6. The smallest absolute Gasteiger partial charge is 0.266 e. The number of thiocarbonyl (C=S) groups is 1. The first-order valence-electron chi connectivity index (χ1n) is 12.5. The zero-order valence-electron chi connectivity index (χ0n) is 21.2. The van der Waals surface area contributed by atoms with Crippen molar-refractivity contribution in [3.63, 3.8) is 0 Å². The van der Waals surface area contributed by atoms with Gasteiger partial charge in [0.1, 0.15) is 4.32 Å². The lowest BCUT2D eigenvalue weighted by Crippen LogP contribution is -2.35. The van der Waals surface area contributed by atoms with Gasteiger partial charge in [0.25, 0.3) is 16.0 Å². The molecule has 1 aromatic heterocycles. The summed E-state index contributed by atoms with van der Waals surface area (Å²) in [5, 5.41) is 4.74. The van der Waals surface area contributed by atoms with E-state index in [4.69, 9.17) is 21.9 Å². The topological polar surface area (TPSA) is 130 Å². The van der Waals surface area contributed by atoms with E-state index >= 15 is 0 Å². The number of piperidine rings is 1. The molecule has 5 rings (SSSR count). The third kappa shape index (κ3) is 6.21. The number of hydrogen-bond acceptors (Lipinski definition) is 8. The van der Waals surface area contributed by atoms with Gasteiger partial charge in [0.15, 0.2) is 0 Å². The van der Waals surface area contributed by atoms with Gasteiger partial charge in [-0.25, -0.2) is 13.1 Å². The fourth-order valence-electron chi connectivity index (χ4n) is 4.51. The van der Waals surface area contributed by atoms with Gasteiger partial charge in [-0.2, -0.15) is 17.8 Å². The Bertz CT molecular complexity index is 1680. The van der Waals surface area contributed by atoms with Crippen molar-refractivity contribution in [3.05, 3.63) is 71.3 Å². The lowest BCUT2D eigenvalue weighted by Gasteiger charge is -2.25. The van der Waals surface area contributed by atoms with E-state index in [1.807, 2.05) is 30.3 Å². The lowest BCUT2D eigenvalue weighted by molar-refractivity contribution is -0.121. The van der Waals surface area contributed by atoms with Crippen molar-refractivity contribution < 1.29 is 26.2 Å². The van der Waals surface area contributed by atoms with Gasteiger partial charge in [-0.3, -0.25) is 14.2 Å². The van der Waals surface area contributed by atoms with Gasteiger partial charge >= 0.3 is 0 Å². The Balaban J connectivity index is 1.50. The first-order valence-corrected chi connectivity index (χ1v) is 16.8. The normalized spacial score (nSPS) is 18.1. The van der Waals surface area contributed by atoms with Crippen LogP contribution in [0.3, 0.4) is 0 Å². The molecule has 0 aliphatic carbocycles. The maximum atomic E-state index is 13.1. The Morgan fingerprint density at radius 1 is 0.975 bits per heavy atom. The van der Waals surface area contributed by atoms with Crippen LogP contribution in [0.5, 0.6) is 0 Å². The van der Waals surface area contributed by atoms with Crippen molar-refractivity contribution in [2.75, 3.05) is 25.4 Å². The lowest BCUT2D eigenvalue weighted by atomic mass is 10.1. The Kier molecular flexibility index (Phi) is 8.27.